The molecule has 2 aromatic rings. The second-order valence-corrected chi connectivity index (χ2v) is 7.88. The molecule has 7 heteroatoms. The molecular weight excluding hydrogens is 348 g/mol. The van der Waals surface area contributed by atoms with Crippen molar-refractivity contribution in [2.75, 3.05) is 18.8 Å². The van der Waals surface area contributed by atoms with Gasteiger partial charge >= 0.3 is 0 Å². The Morgan fingerprint density at radius 2 is 2.23 bits per heavy atom. The molecule has 1 aliphatic rings. The number of ether oxygens (including phenoxy) is 1. The van der Waals surface area contributed by atoms with Crippen LogP contribution in [-0.4, -0.2) is 44.4 Å². The Morgan fingerprint density at radius 3 is 3.00 bits per heavy atom. The first kappa shape index (κ1) is 18.8. The van der Waals surface area contributed by atoms with Crippen LogP contribution in [0.15, 0.2) is 29.4 Å². The monoisotopic (exact) mass is 374 g/mol. The van der Waals surface area contributed by atoms with Crippen molar-refractivity contribution >= 4 is 17.7 Å². The van der Waals surface area contributed by atoms with Crippen LogP contribution in [0, 0.1) is 12.8 Å². The van der Waals surface area contributed by atoms with E-state index in [1.165, 1.54) is 18.2 Å². The zero-order valence-corrected chi connectivity index (χ0v) is 16.5. The van der Waals surface area contributed by atoms with Gasteiger partial charge in [0.1, 0.15) is 12.4 Å². The molecule has 0 saturated carbocycles. The summed E-state index contributed by atoms with van der Waals surface area (Å²) >= 11 is 1.44. The van der Waals surface area contributed by atoms with Crippen LogP contribution in [0.2, 0.25) is 0 Å². The highest BCUT2D eigenvalue weighted by Crippen LogP contribution is 2.20. The zero-order chi connectivity index (χ0) is 18.5. The van der Waals surface area contributed by atoms with Crippen molar-refractivity contribution in [2.45, 2.75) is 38.5 Å². The van der Waals surface area contributed by atoms with E-state index in [0.717, 1.165) is 41.8 Å². The quantitative estimate of drug-likeness (QED) is 0.727. The fourth-order valence-electron chi connectivity index (χ4n) is 3.08. The number of aryl methyl sites for hydroxylation is 1. The molecule has 1 atom stereocenters. The third-order valence-corrected chi connectivity index (χ3v) is 5.62. The van der Waals surface area contributed by atoms with E-state index in [2.05, 4.69) is 17.1 Å². The van der Waals surface area contributed by atoms with Gasteiger partial charge in [-0.3, -0.25) is 4.79 Å². The van der Waals surface area contributed by atoms with Gasteiger partial charge in [0.15, 0.2) is 11.0 Å². The first-order chi connectivity index (χ1) is 12.5. The zero-order valence-electron chi connectivity index (χ0n) is 15.6. The highest BCUT2D eigenvalue weighted by Gasteiger charge is 2.21. The molecule has 0 spiro atoms. The molecule has 26 heavy (non-hydrogen) atoms. The lowest BCUT2D eigenvalue weighted by molar-refractivity contribution is -0.130. The smallest absolute Gasteiger partial charge is 0.233 e. The van der Waals surface area contributed by atoms with Gasteiger partial charge in [-0.2, -0.15) is 0 Å². The number of thioether (sulfide) groups is 1. The molecule has 1 aromatic carbocycles. The summed E-state index contributed by atoms with van der Waals surface area (Å²) in [7, 11) is 1.91. The second-order valence-electron chi connectivity index (χ2n) is 6.94. The molecular formula is C19H26N4O2S. The molecule has 1 saturated heterocycles. The van der Waals surface area contributed by atoms with Crippen molar-refractivity contribution in [1.82, 2.24) is 19.7 Å². The van der Waals surface area contributed by atoms with Crippen LogP contribution in [0.4, 0.5) is 0 Å². The Labute approximate surface area is 158 Å². The van der Waals surface area contributed by atoms with Crippen LogP contribution in [0.5, 0.6) is 5.75 Å². The minimum absolute atomic E-state index is 0.183. The van der Waals surface area contributed by atoms with E-state index in [4.69, 9.17) is 4.74 Å². The Hall–Kier alpha value is -2.02. The third-order valence-electron chi connectivity index (χ3n) is 4.62. The second kappa shape index (κ2) is 8.58. The minimum atomic E-state index is 0.183. The number of carbonyl (C=O) groups excluding carboxylic acids is 1. The van der Waals surface area contributed by atoms with E-state index in [1.54, 1.807) is 0 Å². The number of rotatable bonds is 6. The van der Waals surface area contributed by atoms with E-state index >= 15 is 0 Å². The predicted octanol–water partition coefficient (Wildman–Crippen LogP) is 3.05. The van der Waals surface area contributed by atoms with Crippen molar-refractivity contribution in [1.29, 1.82) is 0 Å². The molecule has 140 valence electrons. The maximum absolute atomic E-state index is 12.4. The Morgan fingerprint density at radius 1 is 1.38 bits per heavy atom. The molecule has 1 aliphatic heterocycles. The Balaban J connectivity index is 1.52. The standard InChI is InChI=1S/C19H26N4O2S/c1-14-6-4-8-16(10-14)25-12-17-20-21-19(22(17)3)26-13-18(24)23-9-5-7-15(2)11-23/h4,6,8,10,15H,5,7,9,11-13H2,1-3H3/t15-/m0/s1. The maximum atomic E-state index is 12.4. The van der Waals surface area contributed by atoms with Gasteiger partial charge in [0.2, 0.25) is 5.91 Å². The van der Waals surface area contributed by atoms with Crippen LogP contribution in [0.25, 0.3) is 0 Å². The lowest BCUT2D eigenvalue weighted by Crippen LogP contribution is -2.40. The largest absolute Gasteiger partial charge is 0.486 e. The molecule has 1 fully saturated rings. The van der Waals surface area contributed by atoms with Gasteiger partial charge in [-0.1, -0.05) is 30.8 Å². The molecule has 0 aliphatic carbocycles. The lowest BCUT2D eigenvalue weighted by atomic mass is 10.0. The van der Waals surface area contributed by atoms with E-state index in [0.29, 0.717) is 18.3 Å². The first-order valence-corrected chi connectivity index (χ1v) is 10.00. The third kappa shape index (κ3) is 4.78. The van der Waals surface area contributed by atoms with Gasteiger partial charge in [0.05, 0.1) is 5.75 Å². The normalized spacial score (nSPS) is 17.3. The summed E-state index contributed by atoms with van der Waals surface area (Å²) in [6.45, 7) is 6.33. The highest BCUT2D eigenvalue weighted by atomic mass is 32.2. The van der Waals surface area contributed by atoms with Gasteiger partial charge in [-0.25, -0.2) is 0 Å². The molecule has 0 unspecified atom stereocenters. The van der Waals surface area contributed by atoms with Crippen LogP contribution < -0.4 is 4.74 Å². The van der Waals surface area contributed by atoms with Crippen molar-refractivity contribution in [3.05, 3.63) is 35.7 Å². The van der Waals surface area contributed by atoms with Crippen molar-refractivity contribution in [3.8, 4) is 5.75 Å². The summed E-state index contributed by atoms with van der Waals surface area (Å²) in [5.41, 5.74) is 1.15. The summed E-state index contributed by atoms with van der Waals surface area (Å²) in [4.78, 5) is 14.4. The summed E-state index contributed by atoms with van der Waals surface area (Å²) in [6.07, 6.45) is 2.31. The number of amides is 1. The molecule has 0 radical (unpaired) electrons. The summed E-state index contributed by atoms with van der Waals surface area (Å²) in [5.74, 6) is 2.74. The van der Waals surface area contributed by atoms with E-state index in [1.807, 2.05) is 47.7 Å². The number of nitrogens with zero attached hydrogens (tertiary/aromatic N) is 4. The van der Waals surface area contributed by atoms with Crippen molar-refractivity contribution in [3.63, 3.8) is 0 Å². The fourth-order valence-corrected chi connectivity index (χ4v) is 3.92. The molecule has 1 aromatic heterocycles. The number of hydrogen-bond donors (Lipinski definition) is 0. The van der Waals surface area contributed by atoms with E-state index in [9.17, 15) is 4.79 Å². The number of likely N-dealkylation sites (tertiary alicyclic amines) is 1. The predicted molar refractivity (Wildman–Crippen MR) is 102 cm³/mol. The van der Waals surface area contributed by atoms with Gasteiger partial charge < -0.3 is 14.2 Å². The molecule has 1 amide bonds. The van der Waals surface area contributed by atoms with Crippen LogP contribution in [0.1, 0.15) is 31.2 Å². The average Bonchev–Trinajstić information content (AvgIpc) is 2.98. The SMILES string of the molecule is Cc1cccc(OCc2nnc(SCC(=O)N3CCC[C@H](C)C3)n2C)c1. The van der Waals surface area contributed by atoms with E-state index in [-0.39, 0.29) is 5.91 Å². The Bertz CT molecular complexity index is 762. The number of aromatic nitrogens is 3. The summed E-state index contributed by atoms with van der Waals surface area (Å²) < 4.78 is 7.69. The van der Waals surface area contributed by atoms with Gasteiger partial charge in [0.25, 0.3) is 0 Å². The van der Waals surface area contributed by atoms with E-state index < -0.39 is 0 Å². The molecule has 6 nitrogen and oxygen atoms in total. The maximum Gasteiger partial charge on any atom is 0.233 e. The van der Waals surface area contributed by atoms with Gasteiger partial charge in [0, 0.05) is 20.1 Å². The average molecular weight is 375 g/mol. The van der Waals surface area contributed by atoms with Crippen LogP contribution in [0.3, 0.4) is 0 Å². The number of hydrogen-bond acceptors (Lipinski definition) is 5. The van der Waals surface area contributed by atoms with Crippen molar-refractivity contribution in [2.24, 2.45) is 13.0 Å². The van der Waals surface area contributed by atoms with Crippen LogP contribution >= 0.6 is 11.8 Å². The van der Waals surface area contributed by atoms with Crippen molar-refractivity contribution < 1.29 is 9.53 Å². The fraction of sp³-hybridized carbons (Fsp3) is 0.526. The lowest BCUT2D eigenvalue weighted by Gasteiger charge is -2.30. The topological polar surface area (TPSA) is 60.3 Å². The van der Waals surface area contributed by atoms with Gasteiger partial charge in [-0.15, -0.1) is 10.2 Å². The number of piperidine rings is 1. The summed E-state index contributed by atoms with van der Waals surface area (Å²) in [5, 5.41) is 9.14. The summed E-state index contributed by atoms with van der Waals surface area (Å²) in [6, 6.07) is 7.92. The molecule has 2 heterocycles. The first-order valence-electron chi connectivity index (χ1n) is 9.01. The number of carbonyl (C=O) groups is 1. The molecule has 0 N–H and O–H groups in total. The highest BCUT2D eigenvalue weighted by molar-refractivity contribution is 7.99. The Kier molecular flexibility index (Phi) is 6.19. The molecule has 3 rings (SSSR count). The molecule has 0 bridgehead atoms. The van der Waals surface area contributed by atoms with Gasteiger partial charge in [-0.05, 0) is 43.4 Å². The number of benzene rings is 1. The van der Waals surface area contributed by atoms with Crippen LogP contribution in [-0.2, 0) is 18.4 Å². The minimum Gasteiger partial charge on any atom is -0.486 e.